The van der Waals surface area contributed by atoms with Gasteiger partial charge in [0, 0.05) is 33.2 Å². The van der Waals surface area contributed by atoms with Crippen LogP contribution in [0, 0.1) is 6.92 Å². The Kier molecular flexibility index (Phi) is 9.91. The van der Waals surface area contributed by atoms with E-state index >= 15 is 0 Å². The fourth-order valence-corrected chi connectivity index (χ4v) is 9.21. The molecular formula is C61H43N3. The fourth-order valence-electron chi connectivity index (χ4n) is 9.21. The van der Waals surface area contributed by atoms with Crippen molar-refractivity contribution < 1.29 is 0 Å². The van der Waals surface area contributed by atoms with E-state index in [2.05, 4.69) is 218 Å². The zero-order valence-corrected chi connectivity index (χ0v) is 35.5. The molecule has 11 aromatic rings. The van der Waals surface area contributed by atoms with Gasteiger partial charge in [-0.1, -0.05) is 189 Å². The SMILES string of the molecule is C=C/C=C\c1c(C)c(-c2cc(-c3cc(-c4cccc(-c5ccccc5)c4)nc(-c4ccccc4)n3)cc(-n3c4ccccc4c4ccc(-c5ccccc5)cc43)c2)cc2ccccc12. The molecule has 2 heterocycles. The standard InChI is InChI=1S/C61H43N3/c1-3-4-28-52-41(2)56(38-47-25-14-15-29-53(47)52)49-35-50(37-51(36-49)64-59-31-17-16-30-54(59)55-33-32-46(39-60(55)64)43-21-10-6-11-22-43)58-40-57(62-61(63-58)44-23-12-7-13-24-44)48-27-18-26-45(34-48)42-19-8-5-9-20-42/h3-40H,1H2,2H3/b28-4-. The number of hydrogen-bond donors (Lipinski definition) is 0. The zero-order valence-electron chi connectivity index (χ0n) is 35.5. The van der Waals surface area contributed by atoms with Gasteiger partial charge in [0.25, 0.3) is 0 Å². The van der Waals surface area contributed by atoms with E-state index in [0.717, 1.165) is 67.1 Å². The number of para-hydroxylation sites is 1. The number of aromatic nitrogens is 3. The van der Waals surface area contributed by atoms with Crippen LogP contribution in [0.15, 0.2) is 231 Å². The van der Waals surface area contributed by atoms with Gasteiger partial charge >= 0.3 is 0 Å². The van der Waals surface area contributed by atoms with Crippen molar-refractivity contribution in [2.24, 2.45) is 0 Å². The molecule has 0 saturated carbocycles. The normalized spacial score (nSPS) is 11.5. The number of benzene rings is 9. The molecule has 0 aliphatic heterocycles. The Labute approximate surface area is 373 Å². The molecule has 0 N–H and O–H groups in total. The van der Waals surface area contributed by atoms with Gasteiger partial charge in [-0.2, -0.15) is 0 Å². The molecule has 0 amide bonds. The van der Waals surface area contributed by atoms with E-state index in [-0.39, 0.29) is 0 Å². The van der Waals surface area contributed by atoms with E-state index < -0.39 is 0 Å². The van der Waals surface area contributed by atoms with Crippen molar-refractivity contribution >= 4 is 38.7 Å². The topological polar surface area (TPSA) is 30.7 Å². The lowest BCUT2D eigenvalue weighted by molar-refractivity contribution is 1.16. The molecule has 0 bridgehead atoms. The molecule has 0 saturated heterocycles. The molecule has 0 unspecified atom stereocenters. The largest absolute Gasteiger partial charge is 0.309 e. The summed E-state index contributed by atoms with van der Waals surface area (Å²) in [6, 6.07) is 75.8. The summed E-state index contributed by atoms with van der Waals surface area (Å²) in [6.07, 6.45) is 6.06. The number of rotatable bonds is 9. The van der Waals surface area contributed by atoms with Crippen LogP contribution in [0.5, 0.6) is 0 Å². The lowest BCUT2D eigenvalue weighted by Gasteiger charge is -2.18. The van der Waals surface area contributed by atoms with Crippen molar-refractivity contribution in [2.45, 2.75) is 6.92 Å². The van der Waals surface area contributed by atoms with Gasteiger partial charge in [0.2, 0.25) is 0 Å². The molecule has 9 aromatic carbocycles. The first-order valence-electron chi connectivity index (χ1n) is 21.8. The summed E-state index contributed by atoms with van der Waals surface area (Å²) < 4.78 is 2.43. The van der Waals surface area contributed by atoms with Crippen molar-refractivity contribution in [3.8, 4) is 73.0 Å². The Morgan fingerprint density at radius 3 is 1.72 bits per heavy atom. The first-order chi connectivity index (χ1) is 31.6. The van der Waals surface area contributed by atoms with Crippen molar-refractivity contribution in [3.05, 3.63) is 242 Å². The van der Waals surface area contributed by atoms with Crippen LogP contribution in [0.2, 0.25) is 0 Å². The van der Waals surface area contributed by atoms with E-state index in [0.29, 0.717) is 5.82 Å². The summed E-state index contributed by atoms with van der Waals surface area (Å²) in [4.78, 5) is 10.7. The van der Waals surface area contributed by atoms with Crippen LogP contribution >= 0.6 is 0 Å². The summed E-state index contributed by atoms with van der Waals surface area (Å²) in [6.45, 7) is 6.24. The maximum Gasteiger partial charge on any atom is 0.160 e. The average molecular weight is 818 g/mol. The lowest BCUT2D eigenvalue weighted by Crippen LogP contribution is -2.00. The summed E-state index contributed by atoms with van der Waals surface area (Å²) in [5.74, 6) is 0.674. The predicted molar refractivity (Wildman–Crippen MR) is 270 cm³/mol. The number of nitrogens with zero attached hydrogens (tertiary/aromatic N) is 3. The van der Waals surface area contributed by atoms with Gasteiger partial charge in [0.15, 0.2) is 5.82 Å². The molecule has 0 atom stereocenters. The van der Waals surface area contributed by atoms with Gasteiger partial charge in [-0.3, -0.25) is 0 Å². The minimum Gasteiger partial charge on any atom is -0.309 e. The van der Waals surface area contributed by atoms with Crippen molar-refractivity contribution in [1.82, 2.24) is 14.5 Å². The van der Waals surface area contributed by atoms with E-state index in [9.17, 15) is 0 Å². The van der Waals surface area contributed by atoms with Gasteiger partial charge in [-0.25, -0.2) is 9.97 Å². The van der Waals surface area contributed by atoms with E-state index in [4.69, 9.17) is 9.97 Å². The molecule has 0 aliphatic carbocycles. The molecule has 0 aliphatic rings. The second-order valence-corrected chi connectivity index (χ2v) is 16.3. The van der Waals surface area contributed by atoms with Crippen LogP contribution in [0.25, 0.3) is 112 Å². The smallest absolute Gasteiger partial charge is 0.160 e. The van der Waals surface area contributed by atoms with Crippen LogP contribution in [0.1, 0.15) is 11.1 Å². The monoisotopic (exact) mass is 817 g/mol. The predicted octanol–water partition coefficient (Wildman–Crippen LogP) is 16.2. The Morgan fingerprint density at radius 2 is 0.984 bits per heavy atom. The van der Waals surface area contributed by atoms with Gasteiger partial charge in [-0.15, -0.1) is 0 Å². The van der Waals surface area contributed by atoms with Crippen LogP contribution < -0.4 is 0 Å². The van der Waals surface area contributed by atoms with Crippen molar-refractivity contribution in [2.75, 3.05) is 0 Å². The molecule has 3 heteroatoms. The van der Waals surface area contributed by atoms with E-state index in [1.165, 1.54) is 43.8 Å². The highest BCUT2D eigenvalue weighted by Crippen LogP contribution is 2.41. The highest BCUT2D eigenvalue weighted by atomic mass is 15.0. The first kappa shape index (κ1) is 38.5. The second kappa shape index (κ2) is 16.5. The summed E-state index contributed by atoms with van der Waals surface area (Å²) in [5.41, 5.74) is 17.3. The van der Waals surface area contributed by atoms with Gasteiger partial charge in [0.05, 0.1) is 22.4 Å². The summed E-state index contributed by atoms with van der Waals surface area (Å²) in [5, 5.41) is 4.79. The molecule has 0 spiro atoms. The molecule has 11 rings (SSSR count). The minimum atomic E-state index is 0.674. The number of allylic oxidation sites excluding steroid dienone is 2. The zero-order chi connectivity index (χ0) is 43.0. The molecule has 2 aromatic heterocycles. The van der Waals surface area contributed by atoms with Crippen LogP contribution in [0.3, 0.4) is 0 Å². The molecular weight excluding hydrogens is 775 g/mol. The third-order valence-electron chi connectivity index (χ3n) is 12.3. The van der Waals surface area contributed by atoms with Gasteiger partial charge in [-0.05, 0) is 111 Å². The fraction of sp³-hybridized carbons (Fsp3) is 0.0164. The Morgan fingerprint density at radius 1 is 0.422 bits per heavy atom. The number of hydrogen-bond acceptors (Lipinski definition) is 2. The van der Waals surface area contributed by atoms with E-state index in [1.54, 1.807) is 0 Å². The maximum atomic E-state index is 5.40. The maximum absolute atomic E-state index is 5.40. The Hall–Kier alpha value is -8.40. The van der Waals surface area contributed by atoms with Crippen LogP contribution in [-0.2, 0) is 0 Å². The van der Waals surface area contributed by atoms with Crippen molar-refractivity contribution in [3.63, 3.8) is 0 Å². The average Bonchev–Trinajstić information content (AvgIpc) is 3.70. The molecule has 302 valence electrons. The van der Waals surface area contributed by atoms with Gasteiger partial charge in [0.1, 0.15) is 0 Å². The molecule has 0 radical (unpaired) electrons. The molecule has 3 nitrogen and oxygen atoms in total. The highest BCUT2D eigenvalue weighted by Gasteiger charge is 2.19. The Bertz CT molecular complexity index is 3560. The lowest BCUT2D eigenvalue weighted by atomic mass is 9.89. The summed E-state index contributed by atoms with van der Waals surface area (Å²) in [7, 11) is 0. The highest BCUT2D eigenvalue weighted by molar-refractivity contribution is 6.10. The number of fused-ring (bicyclic) bond motifs is 4. The molecule has 64 heavy (non-hydrogen) atoms. The second-order valence-electron chi connectivity index (χ2n) is 16.3. The minimum absolute atomic E-state index is 0.674. The van der Waals surface area contributed by atoms with Gasteiger partial charge < -0.3 is 4.57 Å². The molecule has 0 fully saturated rings. The van der Waals surface area contributed by atoms with Crippen molar-refractivity contribution in [1.29, 1.82) is 0 Å². The van der Waals surface area contributed by atoms with Crippen LogP contribution in [0.4, 0.5) is 0 Å². The third-order valence-corrected chi connectivity index (χ3v) is 12.3. The quantitative estimate of drug-likeness (QED) is 0.136. The third kappa shape index (κ3) is 7.09. The Balaban J connectivity index is 1.20. The van der Waals surface area contributed by atoms with E-state index in [1.807, 2.05) is 30.4 Å². The summed E-state index contributed by atoms with van der Waals surface area (Å²) >= 11 is 0. The first-order valence-corrected chi connectivity index (χ1v) is 21.8. The van der Waals surface area contributed by atoms with Crippen LogP contribution in [-0.4, -0.2) is 14.5 Å².